The lowest BCUT2D eigenvalue weighted by Gasteiger charge is -2.02. The molecule has 0 spiro atoms. The van der Waals surface area contributed by atoms with E-state index in [-0.39, 0.29) is 5.82 Å². The molecular formula is C17H14BrFN6S. The number of anilines is 1. The summed E-state index contributed by atoms with van der Waals surface area (Å²) in [5.41, 5.74) is 1.29. The summed E-state index contributed by atoms with van der Waals surface area (Å²) in [5.74, 6) is 0.617. The minimum absolute atomic E-state index is 0.311. The van der Waals surface area contributed by atoms with Crippen LogP contribution in [-0.2, 0) is 6.42 Å². The topological polar surface area (TPSA) is 68.0 Å². The summed E-state index contributed by atoms with van der Waals surface area (Å²) in [4.78, 5) is 0. The van der Waals surface area contributed by atoms with E-state index >= 15 is 0 Å². The first-order chi connectivity index (χ1) is 12.7. The molecule has 1 N–H and O–H groups in total. The molecule has 6 nitrogen and oxygen atoms in total. The molecule has 3 aromatic heterocycles. The number of aromatic nitrogens is 5. The van der Waals surface area contributed by atoms with Crippen molar-refractivity contribution >= 4 is 38.0 Å². The zero-order chi connectivity index (χ0) is 17.9. The van der Waals surface area contributed by atoms with Crippen molar-refractivity contribution in [3.8, 4) is 10.6 Å². The minimum Gasteiger partial charge on any atom is -0.360 e. The maximum atomic E-state index is 13.9. The van der Waals surface area contributed by atoms with E-state index < -0.39 is 0 Å². The normalized spacial score (nSPS) is 11.2. The van der Waals surface area contributed by atoms with E-state index in [1.807, 2.05) is 28.8 Å². The van der Waals surface area contributed by atoms with Gasteiger partial charge in [0.25, 0.3) is 0 Å². The third kappa shape index (κ3) is 3.58. The second-order valence-electron chi connectivity index (χ2n) is 5.61. The van der Waals surface area contributed by atoms with Crippen molar-refractivity contribution in [3.05, 3.63) is 58.7 Å². The number of rotatable bonds is 6. The summed E-state index contributed by atoms with van der Waals surface area (Å²) in [6.45, 7) is 0.720. The fraction of sp³-hybridized carbons (Fsp3) is 0.176. The van der Waals surface area contributed by atoms with Gasteiger partial charge in [-0.15, -0.1) is 20.4 Å². The van der Waals surface area contributed by atoms with Crippen molar-refractivity contribution < 1.29 is 4.39 Å². The highest BCUT2D eigenvalue weighted by Crippen LogP contribution is 2.30. The Kier molecular flexibility index (Phi) is 4.89. The number of nitrogens with zero attached hydrogens (tertiary/aromatic N) is 5. The molecule has 132 valence electrons. The maximum absolute atomic E-state index is 13.9. The number of hydrogen-bond acceptors (Lipinski definition) is 6. The number of hydrogen-bond donors (Lipinski definition) is 1. The van der Waals surface area contributed by atoms with Crippen LogP contribution < -0.4 is 5.32 Å². The molecule has 0 unspecified atom stereocenters. The van der Waals surface area contributed by atoms with Crippen molar-refractivity contribution in [2.75, 3.05) is 11.9 Å². The highest BCUT2D eigenvalue weighted by molar-refractivity contribution is 9.10. The summed E-state index contributed by atoms with van der Waals surface area (Å²) >= 11 is 4.68. The van der Waals surface area contributed by atoms with Gasteiger partial charge in [0.1, 0.15) is 11.6 Å². The molecule has 26 heavy (non-hydrogen) atoms. The van der Waals surface area contributed by atoms with Gasteiger partial charge in [0.15, 0.2) is 10.7 Å². The van der Waals surface area contributed by atoms with Crippen LogP contribution >= 0.6 is 27.3 Å². The van der Waals surface area contributed by atoms with Gasteiger partial charge in [-0.25, -0.2) is 4.39 Å². The minimum atomic E-state index is -0.311. The summed E-state index contributed by atoms with van der Waals surface area (Å²) in [5, 5.41) is 21.0. The van der Waals surface area contributed by atoms with Gasteiger partial charge in [-0.05, 0) is 36.8 Å². The van der Waals surface area contributed by atoms with Crippen molar-refractivity contribution in [1.29, 1.82) is 0 Å². The van der Waals surface area contributed by atoms with Gasteiger partial charge < -0.3 is 5.32 Å². The van der Waals surface area contributed by atoms with Crippen LogP contribution in [0.15, 0.2) is 47.1 Å². The van der Waals surface area contributed by atoms with Crippen LogP contribution in [0.3, 0.4) is 0 Å². The fourth-order valence-corrected chi connectivity index (χ4v) is 3.72. The second kappa shape index (κ2) is 7.46. The van der Waals surface area contributed by atoms with Crippen molar-refractivity contribution in [2.45, 2.75) is 12.8 Å². The molecule has 4 aromatic rings. The molecule has 0 saturated carbocycles. The molecule has 0 fully saturated rings. The Labute approximate surface area is 161 Å². The standard InChI is InChI=1S/C17H14BrFN6S/c18-11-6-7-13(19)12(10-11)16-23-24-17(26-16)20-8-3-5-15-22-21-14-4-1-2-9-25(14)15/h1-2,4,6-7,9-10H,3,5,8H2,(H,20,24). The average Bonchev–Trinajstić information content (AvgIpc) is 3.28. The lowest BCUT2D eigenvalue weighted by Crippen LogP contribution is -2.04. The number of fused-ring (bicyclic) bond motifs is 1. The van der Waals surface area contributed by atoms with Crippen LogP contribution in [0.4, 0.5) is 9.52 Å². The Morgan fingerprint density at radius 1 is 1.12 bits per heavy atom. The number of pyridine rings is 1. The monoisotopic (exact) mass is 432 g/mol. The van der Waals surface area contributed by atoms with E-state index in [0.717, 1.165) is 35.3 Å². The van der Waals surface area contributed by atoms with Gasteiger partial charge in [-0.3, -0.25) is 4.40 Å². The molecular weight excluding hydrogens is 419 g/mol. The number of aryl methyl sites for hydroxylation is 1. The average molecular weight is 433 g/mol. The lowest BCUT2D eigenvalue weighted by atomic mass is 10.2. The lowest BCUT2D eigenvalue weighted by molar-refractivity contribution is 0.630. The summed E-state index contributed by atoms with van der Waals surface area (Å²) in [7, 11) is 0. The summed E-state index contributed by atoms with van der Waals surface area (Å²) in [6, 6.07) is 10.6. The Bertz CT molecular complexity index is 1050. The van der Waals surface area contributed by atoms with Gasteiger partial charge in [0.2, 0.25) is 5.13 Å². The van der Waals surface area contributed by atoms with E-state index in [0.29, 0.717) is 15.7 Å². The van der Waals surface area contributed by atoms with Crippen LogP contribution in [0, 0.1) is 5.82 Å². The van der Waals surface area contributed by atoms with Gasteiger partial charge in [0, 0.05) is 29.2 Å². The maximum Gasteiger partial charge on any atom is 0.206 e. The van der Waals surface area contributed by atoms with Gasteiger partial charge >= 0.3 is 0 Å². The third-order valence-corrected chi connectivity index (χ3v) is 5.23. The molecule has 1 aromatic carbocycles. The van der Waals surface area contributed by atoms with Crippen LogP contribution in [-0.4, -0.2) is 31.3 Å². The highest BCUT2D eigenvalue weighted by Gasteiger charge is 2.12. The molecule has 0 amide bonds. The zero-order valence-electron chi connectivity index (χ0n) is 13.6. The first kappa shape index (κ1) is 17.0. The third-order valence-electron chi connectivity index (χ3n) is 3.82. The van der Waals surface area contributed by atoms with Crippen molar-refractivity contribution in [3.63, 3.8) is 0 Å². The second-order valence-corrected chi connectivity index (χ2v) is 7.51. The van der Waals surface area contributed by atoms with Crippen LogP contribution in [0.1, 0.15) is 12.2 Å². The Morgan fingerprint density at radius 3 is 2.96 bits per heavy atom. The van der Waals surface area contributed by atoms with Crippen molar-refractivity contribution in [1.82, 2.24) is 24.8 Å². The Balaban J connectivity index is 1.36. The molecule has 0 aliphatic rings. The molecule has 4 rings (SSSR count). The Hall–Kier alpha value is -2.39. The molecule has 0 aliphatic heterocycles. The molecule has 3 heterocycles. The SMILES string of the molecule is Fc1ccc(Br)cc1-c1nnc(NCCCc2nnc3ccccn23)s1. The quantitative estimate of drug-likeness (QED) is 0.462. The molecule has 9 heteroatoms. The largest absolute Gasteiger partial charge is 0.360 e. The summed E-state index contributed by atoms with van der Waals surface area (Å²) in [6.07, 6.45) is 3.63. The first-order valence-electron chi connectivity index (χ1n) is 8.02. The Morgan fingerprint density at radius 2 is 2.04 bits per heavy atom. The molecule has 0 saturated heterocycles. The fourth-order valence-electron chi connectivity index (χ4n) is 2.57. The van der Waals surface area contributed by atoms with Gasteiger partial charge in [-0.2, -0.15) is 0 Å². The highest BCUT2D eigenvalue weighted by atomic mass is 79.9. The van der Waals surface area contributed by atoms with E-state index in [4.69, 9.17) is 0 Å². The van der Waals surface area contributed by atoms with Crippen LogP contribution in [0.25, 0.3) is 16.2 Å². The van der Waals surface area contributed by atoms with E-state index in [1.165, 1.54) is 17.4 Å². The molecule has 0 atom stereocenters. The van der Waals surface area contributed by atoms with E-state index in [2.05, 4.69) is 41.6 Å². The van der Waals surface area contributed by atoms with Gasteiger partial charge in [-0.1, -0.05) is 33.3 Å². The van der Waals surface area contributed by atoms with E-state index in [9.17, 15) is 4.39 Å². The number of nitrogens with one attached hydrogen (secondary N) is 1. The van der Waals surface area contributed by atoms with Crippen LogP contribution in [0.2, 0.25) is 0 Å². The molecule has 0 bridgehead atoms. The molecule has 0 radical (unpaired) electrons. The number of halogens is 2. The smallest absolute Gasteiger partial charge is 0.206 e. The van der Waals surface area contributed by atoms with Crippen molar-refractivity contribution in [2.24, 2.45) is 0 Å². The first-order valence-corrected chi connectivity index (χ1v) is 9.63. The van der Waals surface area contributed by atoms with Crippen LogP contribution in [0.5, 0.6) is 0 Å². The number of benzene rings is 1. The van der Waals surface area contributed by atoms with E-state index in [1.54, 1.807) is 12.1 Å². The predicted octanol–water partition coefficient (Wildman–Crippen LogP) is 4.19. The predicted molar refractivity (Wildman–Crippen MR) is 103 cm³/mol. The van der Waals surface area contributed by atoms with Gasteiger partial charge in [0.05, 0.1) is 0 Å². The summed E-state index contributed by atoms with van der Waals surface area (Å²) < 4.78 is 16.7. The molecule has 0 aliphatic carbocycles. The zero-order valence-corrected chi connectivity index (χ0v) is 16.0.